The van der Waals surface area contributed by atoms with Crippen molar-refractivity contribution >= 4 is 22.4 Å². The number of hydrogen-bond acceptors (Lipinski definition) is 4. The first kappa shape index (κ1) is 18.8. The maximum Gasteiger partial charge on any atom is 0.416 e. The Kier molecular flexibility index (Phi) is 4.62. The molecule has 4 aromatic rings. The van der Waals surface area contributed by atoms with Gasteiger partial charge in [-0.1, -0.05) is 0 Å². The molecule has 0 atom stereocenters. The number of halogens is 3. The zero-order valence-corrected chi connectivity index (χ0v) is 15.7. The summed E-state index contributed by atoms with van der Waals surface area (Å²) < 4.78 is 46.7. The van der Waals surface area contributed by atoms with E-state index in [1.54, 1.807) is 18.6 Å². The minimum Gasteiger partial charge on any atom is -0.497 e. The first-order valence-corrected chi connectivity index (χ1v) is 8.75. The molecule has 3 aromatic heterocycles. The van der Waals surface area contributed by atoms with Crippen LogP contribution in [0.3, 0.4) is 0 Å². The van der Waals surface area contributed by atoms with Gasteiger partial charge in [0.2, 0.25) is 0 Å². The van der Waals surface area contributed by atoms with E-state index in [0.29, 0.717) is 5.82 Å². The molecule has 0 radical (unpaired) electrons. The van der Waals surface area contributed by atoms with E-state index in [9.17, 15) is 13.2 Å². The molecule has 1 aromatic carbocycles. The van der Waals surface area contributed by atoms with Crippen molar-refractivity contribution in [1.29, 1.82) is 0 Å². The summed E-state index contributed by atoms with van der Waals surface area (Å²) in [5, 5.41) is 3.79. The molecule has 0 amide bonds. The van der Waals surface area contributed by atoms with Gasteiger partial charge in [-0.05, 0) is 36.4 Å². The number of ether oxygens (including phenoxy) is 1. The fourth-order valence-electron chi connectivity index (χ4n) is 3.24. The minimum absolute atomic E-state index is 0.110. The molecule has 4 rings (SSSR count). The number of methoxy groups -OCH3 is 1. The molecule has 0 saturated carbocycles. The van der Waals surface area contributed by atoms with Gasteiger partial charge in [0.25, 0.3) is 0 Å². The highest BCUT2D eigenvalue weighted by atomic mass is 19.4. The Morgan fingerprint density at radius 2 is 1.90 bits per heavy atom. The molecule has 0 fully saturated rings. The van der Waals surface area contributed by atoms with Crippen LogP contribution in [0.5, 0.6) is 5.75 Å². The molecule has 3 heterocycles. The second kappa shape index (κ2) is 7.12. The molecular formula is C21H17F3N4O. The molecular weight excluding hydrogens is 381 g/mol. The third kappa shape index (κ3) is 3.61. The number of anilines is 2. The van der Waals surface area contributed by atoms with E-state index in [1.165, 1.54) is 13.2 Å². The lowest BCUT2D eigenvalue weighted by molar-refractivity contribution is -0.137. The van der Waals surface area contributed by atoms with Crippen molar-refractivity contribution in [2.75, 3.05) is 12.4 Å². The quantitative estimate of drug-likeness (QED) is 0.500. The first-order valence-electron chi connectivity index (χ1n) is 8.75. The highest BCUT2D eigenvalue weighted by Crippen LogP contribution is 2.36. The van der Waals surface area contributed by atoms with Gasteiger partial charge >= 0.3 is 6.18 Å². The zero-order valence-electron chi connectivity index (χ0n) is 15.7. The van der Waals surface area contributed by atoms with Crippen LogP contribution >= 0.6 is 0 Å². The zero-order chi connectivity index (χ0) is 20.6. The molecule has 5 nitrogen and oxygen atoms in total. The van der Waals surface area contributed by atoms with Crippen LogP contribution in [0.25, 0.3) is 22.2 Å². The van der Waals surface area contributed by atoms with Crippen LogP contribution in [0, 0.1) is 0 Å². The number of hydrogen-bond donors (Lipinski definition) is 1. The number of pyridine rings is 2. The van der Waals surface area contributed by atoms with Crippen molar-refractivity contribution in [1.82, 2.24) is 14.5 Å². The van der Waals surface area contributed by atoms with Crippen molar-refractivity contribution < 1.29 is 17.9 Å². The molecule has 1 N–H and O–H groups in total. The van der Waals surface area contributed by atoms with Crippen molar-refractivity contribution in [2.45, 2.75) is 6.18 Å². The first-order chi connectivity index (χ1) is 13.9. The highest BCUT2D eigenvalue weighted by Gasteiger charge is 2.31. The predicted octanol–water partition coefficient (Wildman–Crippen LogP) is 5.41. The number of fused-ring (bicyclic) bond motifs is 1. The Hall–Kier alpha value is -3.55. The molecule has 0 saturated heterocycles. The van der Waals surface area contributed by atoms with Crippen LogP contribution in [0.15, 0.2) is 61.1 Å². The number of alkyl halides is 3. The highest BCUT2D eigenvalue weighted by molar-refractivity contribution is 5.95. The maximum absolute atomic E-state index is 13.2. The van der Waals surface area contributed by atoms with Crippen molar-refractivity contribution in [3.8, 4) is 17.0 Å². The summed E-state index contributed by atoms with van der Waals surface area (Å²) in [7, 11) is 3.25. The van der Waals surface area contributed by atoms with Gasteiger partial charge in [0, 0.05) is 48.3 Å². The summed E-state index contributed by atoms with van der Waals surface area (Å²) in [5.41, 5.74) is 2.18. The smallest absolute Gasteiger partial charge is 0.416 e. The van der Waals surface area contributed by atoms with E-state index in [0.717, 1.165) is 34.3 Å². The van der Waals surface area contributed by atoms with Crippen molar-refractivity contribution in [3.63, 3.8) is 0 Å². The fourth-order valence-corrected chi connectivity index (χ4v) is 3.24. The lowest BCUT2D eigenvalue weighted by Gasteiger charge is -2.13. The van der Waals surface area contributed by atoms with E-state index in [1.807, 2.05) is 35.9 Å². The number of aromatic nitrogens is 3. The van der Waals surface area contributed by atoms with Gasteiger partial charge in [0.05, 0.1) is 23.9 Å². The Bertz CT molecular complexity index is 1170. The predicted molar refractivity (Wildman–Crippen MR) is 105 cm³/mol. The number of benzene rings is 1. The summed E-state index contributed by atoms with van der Waals surface area (Å²) in [6, 6.07) is 11.1. The van der Waals surface area contributed by atoms with Gasteiger partial charge in [-0.15, -0.1) is 0 Å². The third-order valence-corrected chi connectivity index (χ3v) is 4.66. The minimum atomic E-state index is -4.48. The lowest BCUT2D eigenvalue weighted by Crippen LogP contribution is -2.06. The molecule has 0 bridgehead atoms. The standard InChI is InChI=1S/C21H17F3N4O/c1-28-18-5-7-26-20(17(18)11-19(28)13-4-3-6-25-12-13)27-15-8-14(21(22,23)24)9-16(10-15)29-2/h3-12H,1-2H3,(H,26,27). The largest absolute Gasteiger partial charge is 0.497 e. The maximum atomic E-state index is 13.2. The summed E-state index contributed by atoms with van der Waals surface area (Å²) in [4.78, 5) is 8.48. The number of aryl methyl sites for hydroxylation is 1. The van der Waals surface area contributed by atoms with Gasteiger partial charge in [-0.2, -0.15) is 13.2 Å². The average Bonchev–Trinajstić information content (AvgIpc) is 3.05. The normalized spacial score (nSPS) is 11.6. The topological polar surface area (TPSA) is 52.0 Å². The van der Waals surface area contributed by atoms with Gasteiger partial charge in [-0.3, -0.25) is 4.98 Å². The Morgan fingerprint density at radius 1 is 1.07 bits per heavy atom. The number of nitrogens with one attached hydrogen (secondary N) is 1. The lowest BCUT2D eigenvalue weighted by atomic mass is 10.1. The summed E-state index contributed by atoms with van der Waals surface area (Å²) in [6.45, 7) is 0. The Balaban J connectivity index is 1.80. The van der Waals surface area contributed by atoms with Gasteiger partial charge in [-0.25, -0.2) is 4.98 Å². The van der Waals surface area contributed by atoms with E-state index in [2.05, 4.69) is 15.3 Å². The van der Waals surface area contributed by atoms with E-state index < -0.39 is 11.7 Å². The van der Waals surface area contributed by atoms with E-state index in [-0.39, 0.29) is 11.4 Å². The van der Waals surface area contributed by atoms with Gasteiger partial charge in [0.1, 0.15) is 11.6 Å². The second-order valence-electron chi connectivity index (χ2n) is 6.50. The molecule has 148 valence electrons. The Morgan fingerprint density at radius 3 is 2.59 bits per heavy atom. The summed E-state index contributed by atoms with van der Waals surface area (Å²) in [6.07, 6.45) is 0.585. The van der Waals surface area contributed by atoms with Crippen LogP contribution in [-0.4, -0.2) is 21.6 Å². The fraction of sp³-hybridized carbons (Fsp3) is 0.143. The number of nitrogens with zero attached hydrogens (tertiary/aromatic N) is 3. The van der Waals surface area contributed by atoms with Crippen LogP contribution in [-0.2, 0) is 13.2 Å². The van der Waals surface area contributed by atoms with Crippen LogP contribution in [0.2, 0.25) is 0 Å². The second-order valence-corrected chi connectivity index (χ2v) is 6.50. The molecule has 0 unspecified atom stereocenters. The average molecular weight is 398 g/mol. The van der Waals surface area contributed by atoms with Crippen molar-refractivity contribution in [2.24, 2.45) is 7.05 Å². The monoisotopic (exact) mass is 398 g/mol. The van der Waals surface area contributed by atoms with Gasteiger partial charge < -0.3 is 14.6 Å². The van der Waals surface area contributed by atoms with E-state index in [4.69, 9.17) is 4.74 Å². The number of rotatable bonds is 4. The van der Waals surface area contributed by atoms with Crippen LogP contribution in [0.1, 0.15) is 5.56 Å². The molecule has 8 heteroatoms. The van der Waals surface area contributed by atoms with Crippen LogP contribution < -0.4 is 10.1 Å². The van der Waals surface area contributed by atoms with Gasteiger partial charge in [0.15, 0.2) is 0 Å². The van der Waals surface area contributed by atoms with E-state index >= 15 is 0 Å². The molecule has 0 aliphatic rings. The molecule has 0 aliphatic heterocycles. The van der Waals surface area contributed by atoms with Crippen LogP contribution in [0.4, 0.5) is 24.7 Å². The molecule has 29 heavy (non-hydrogen) atoms. The van der Waals surface area contributed by atoms with Crippen molar-refractivity contribution in [3.05, 3.63) is 66.6 Å². The summed E-state index contributed by atoms with van der Waals surface area (Å²) in [5.74, 6) is 0.563. The Labute approximate surface area is 164 Å². The SMILES string of the molecule is COc1cc(Nc2nccc3c2cc(-c2cccnc2)n3C)cc(C(F)(F)F)c1. The summed E-state index contributed by atoms with van der Waals surface area (Å²) >= 11 is 0. The molecule has 0 spiro atoms. The third-order valence-electron chi connectivity index (χ3n) is 4.66. The molecule has 0 aliphatic carbocycles.